The number of thiophene rings is 1. The summed E-state index contributed by atoms with van der Waals surface area (Å²) in [6, 6.07) is 2.41. The predicted octanol–water partition coefficient (Wildman–Crippen LogP) is 5.61. The summed E-state index contributed by atoms with van der Waals surface area (Å²) in [5.74, 6) is 3.31. The van der Waals surface area contributed by atoms with E-state index in [4.69, 9.17) is 0 Å². The fourth-order valence-corrected chi connectivity index (χ4v) is 8.91. The van der Waals surface area contributed by atoms with Gasteiger partial charge in [0.1, 0.15) is 11.1 Å². The third-order valence-electron chi connectivity index (χ3n) is 9.05. The van der Waals surface area contributed by atoms with Gasteiger partial charge in [-0.05, 0) is 99.5 Å². The molecule has 1 unspecified atom stereocenters. The van der Waals surface area contributed by atoms with Gasteiger partial charge in [0, 0.05) is 10.4 Å². The third-order valence-corrected chi connectivity index (χ3v) is 10.2. The normalized spacial score (nSPS) is 33.9. The van der Waals surface area contributed by atoms with Crippen molar-refractivity contribution in [1.29, 1.82) is 5.26 Å². The highest BCUT2D eigenvalue weighted by molar-refractivity contribution is 7.16. The molecule has 5 aliphatic carbocycles. The Morgan fingerprint density at radius 3 is 2.35 bits per heavy atom. The molecule has 1 atom stereocenters. The van der Waals surface area contributed by atoms with Crippen molar-refractivity contribution < 1.29 is 4.79 Å². The van der Waals surface area contributed by atoms with E-state index in [9.17, 15) is 10.1 Å². The van der Waals surface area contributed by atoms with Crippen LogP contribution in [0.4, 0.5) is 5.00 Å². The lowest BCUT2D eigenvalue weighted by Crippen LogP contribution is -2.59. The van der Waals surface area contributed by atoms with Crippen LogP contribution in [0.25, 0.3) is 0 Å². The Labute approximate surface area is 191 Å². The highest BCUT2D eigenvalue weighted by Gasteiger charge is 2.52. The Kier molecular flexibility index (Phi) is 5.26. The van der Waals surface area contributed by atoms with Crippen LogP contribution in [-0.4, -0.2) is 29.9 Å². The van der Waals surface area contributed by atoms with E-state index in [1.807, 2.05) is 0 Å². The molecule has 31 heavy (non-hydrogen) atoms. The first-order valence-electron chi connectivity index (χ1n) is 12.2. The van der Waals surface area contributed by atoms with E-state index < -0.39 is 0 Å². The number of amides is 1. The monoisotopic (exact) mass is 439 g/mol. The summed E-state index contributed by atoms with van der Waals surface area (Å²) in [5, 5.41) is 13.8. The maximum Gasteiger partial charge on any atom is 0.239 e. The molecular formula is C26H37N3OS. The molecule has 0 aliphatic heterocycles. The molecule has 5 aliphatic rings. The summed E-state index contributed by atoms with van der Waals surface area (Å²) >= 11 is 1.65. The molecule has 4 bridgehead atoms. The molecule has 0 radical (unpaired) electrons. The number of rotatable bonds is 4. The van der Waals surface area contributed by atoms with Crippen molar-refractivity contribution in [2.45, 2.75) is 84.1 Å². The van der Waals surface area contributed by atoms with Crippen LogP contribution in [0.15, 0.2) is 0 Å². The molecule has 5 heteroatoms. The fraction of sp³-hybridized carbons (Fsp3) is 0.769. The van der Waals surface area contributed by atoms with Crippen molar-refractivity contribution in [3.8, 4) is 6.07 Å². The van der Waals surface area contributed by atoms with Gasteiger partial charge in [0.15, 0.2) is 0 Å². The quantitative estimate of drug-likeness (QED) is 0.663. The van der Waals surface area contributed by atoms with Crippen LogP contribution in [-0.2, 0) is 17.6 Å². The van der Waals surface area contributed by atoms with E-state index in [-0.39, 0.29) is 16.9 Å². The summed E-state index contributed by atoms with van der Waals surface area (Å²) in [7, 11) is 2.16. The lowest BCUT2D eigenvalue weighted by Gasteiger charge is -2.59. The molecule has 1 aromatic rings. The Bertz CT molecular complexity index is 883. The molecular weight excluding hydrogens is 402 g/mol. The van der Waals surface area contributed by atoms with Crippen LogP contribution < -0.4 is 5.32 Å². The third kappa shape index (κ3) is 3.85. The lowest BCUT2D eigenvalue weighted by molar-refractivity contribution is -0.123. The molecule has 6 rings (SSSR count). The first kappa shape index (κ1) is 21.5. The second kappa shape index (κ2) is 7.59. The minimum Gasteiger partial charge on any atom is -0.315 e. The van der Waals surface area contributed by atoms with Crippen molar-refractivity contribution in [3.63, 3.8) is 0 Å². The first-order chi connectivity index (χ1) is 14.7. The lowest BCUT2D eigenvalue weighted by atomic mass is 9.52. The van der Waals surface area contributed by atoms with E-state index in [1.165, 1.54) is 49.0 Å². The van der Waals surface area contributed by atoms with Crippen LogP contribution >= 0.6 is 11.3 Å². The molecule has 1 aromatic heterocycles. The summed E-state index contributed by atoms with van der Waals surface area (Å²) in [5.41, 5.74) is 2.42. The van der Waals surface area contributed by atoms with Crippen molar-refractivity contribution in [2.75, 3.05) is 18.9 Å². The zero-order valence-corrected chi connectivity index (χ0v) is 20.4. The number of carbonyl (C=O) groups is 1. The summed E-state index contributed by atoms with van der Waals surface area (Å²) in [6.07, 6.45) is 11.2. The fourth-order valence-electron chi connectivity index (χ4n) is 7.61. The van der Waals surface area contributed by atoms with E-state index in [1.54, 1.807) is 11.3 Å². The van der Waals surface area contributed by atoms with Crippen molar-refractivity contribution in [1.82, 2.24) is 4.90 Å². The molecule has 1 heterocycles. The number of fused-ring (bicyclic) bond motifs is 1. The van der Waals surface area contributed by atoms with Gasteiger partial charge >= 0.3 is 0 Å². The topological polar surface area (TPSA) is 56.1 Å². The van der Waals surface area contributed by atoms with Gasteiger partial charge in [-0.15, -0.1) is 11.3 Å². The average Bonchev–Trinajstić information content (AvgIpc) is 3.02. The Balaban J connectivity index is 1.28. The van der Waals surface area contributed by atoms with Gasteiger partial charge in [-0.25, -0.2) is 0 Å². The van der Waals surface area contributed by atoms with Crippen molar-refractivity contribution in [2.24, 2.45) is 29.1 Å². The number of nitrogens with zero attached hydrogens (tertiary/aromatic N) is 2. The van der Waals surface area contributed by atoms with Crippen LogP contribution in [0.1, 0.15) is 81.7 Å². The zero-order valence-electron chi connectivity index (χ0n) is 19.6. The number of anilines is 1. The molecule has 0 aromatic carbocycles. The molecule has 168 valence electrons. The highest BCUT2D eigenvalue weighted by Crippen LogP contribution is 2.57. The number of likely N-dealkylation sites (N-methyl/N-ethyl adjacent to an activating group) is 1. The summed E-state index contributed by atoms with van der Waals surface area (Å²) in [6.45, 7) is 7.36. The highest BCUT2D eigenvalue weighted by atomic mass is 32.1. The summed E-state index contributed by atoms with van der Waals surface area (Å²) in [4.78, 5) is 16.7. The van der Waals surface area contributed by atoms with Gasteiger partial charge in [0.05, 0.1) is 12.1 Å². The van der Waals surface area contributed by atoms with Gasteiger partial charge in [0.25, 0.3) is 0 Å². The average molecular weight is 440 g/mol. The summed E-state index contributed by atoms with van der Waals surface area (Å²) < 4.78 is 0. The van der Waals surface area contributed by atoms with Gasteiger partial charge in [-0.1, -0.05) is 20.8 Å². The van der Waals surface area contributed by atoms with Crippen LogP contribution in [0, 0.1) is 40.4 Å². The first-order valence-corrected chi connectivity index (χ1v) is 13.0. The van der Waals surface area contributed by atoms with E-state index in [0.29, 0.717) is 12.5 Å². The number of nitrogens with one attached hydrogen (secondary N) is 1. The molecule has 1 amide bonds. The van der Waals surface area contributed by atoms with Crippen LogP contribution in [0.2, 0.25) is 0 Å². The van der Waals surface area contributed by atoms with Gasteiger partial charge in [-0.3, -0.25) is 9.69 Å². The van der Waals surface area contributed by atoms with Crippen molar-refractivity contribution >= 4 is 22.2 Å². The number of hydrogen-bond donors (Lipinski definition) is 1. The minimum absolute atomic E-state index is 0.0423. The van der Waals surface area contributed by atoms with Crippen LogP contribution in [0.5, 0.6) is 0 Å². The Morgan fingerprint density at radius 1 is 1.19 bits per heavy atom. The maximum atomic E-state index is 13.1. The zero-order chi connectivity index (χ0) is 22.0. The van der Waals surface area contributed by atoms with Crippen molar-refractivity contribution in [3.05, 3.63) is 16.0 Å². The SMILES string of the molecule is CN(CC(=O)Nc1sc2c(c1C#N)CCC(C(C)(C)C)C2)C12CC3CC(CC(C3)C1)C2. The smallest absolute Gasteiger partial charge is 0.239 e. The minimum atomic E-state index is 0.0423. The number of nitriles is 1. The Morgan fingerprint density at radius 2 is 1.81 bits per heavy atom. The van der Waals surface area contributed by atoms with Crippen LogP contribution in [0.3, 0.4) is 0 Å². The second-order valence-corrected chi connectivity index (χ2v) is 13.3. The molecule has 0 spiro atoms. The second-order valence-electron chi connectivity index (χ2n) is 12.2. The largest absolute Gasteiger partial charge is 0.315 e. The predicted molar refractivity (Wildman–Crippen MR) is 126 cm³/mol. The van der Waals surface area contributed by atoms with E-state index in [0.717, 1.165) is 47.6 Å². The Hall–Kier alpha value is -1.38. The van der Waals surface area contributed by atoms with E-state index >= 15 is 0 Å². The van der Waals surface area contributed by atoms with E-state index in [2.05, 4.69) is 44.1 Å². The van der Waals surface area contributed by atoms with Gasteiger partial charge < -0.3 is 5.32 Å². The van der Waals surface area contributed by atoms with Gasteiger partial charge in [0.2, 0.25) is 5.91 Å². The standard InChI is InChI=1S/C26H37N3OS/c1-25(2,3)19-5-6-20-21(14-27)24(31-22(20)10-19)28-23(30)15-29(4)26-11-16-7-17(12-26)9-18(8-16)13-26/h16-19H,5-13,15H2,1-4H3,(H,28,30). The molecule has 4 saturated carbocycles. The number of hydrogen-bond acceptors (Lipinski definition) is 4. The maximum absolute atomic E-state index is 13.1. The van der Waals surface area contributed by atoms with Gasteiger partial charge in [-0.2, -0.15) is 5.26 Å². The number of carbonyl (C=O) groups excluding carboxylic acids is 1. The molecule has 4 nitrogen and oxygen atoms in total. The molecule has 0 saturated heterocycles. The molecule has 1 N–H and O–H groups in total. The molecule has 4 fully saturated rings.